The van der Waals surface area contributed by atoms with Crippen molar-refractivity contribution in [2.45, 2.75) is 57.5 Å². The molecule has 0 aromatic carbocycles. The summed E-state index contributed by atoms with van der Waals surface area (Å²) in [6.45, 7) is 6.96. The summed E-state index contributed by atoms with van der Waals surface area (Å²) in [7, 11) is 0. The predicted octanol–water partition coefficient (Wildman–Crippen LogP) is 2.49. The molecule has 4 nitrogen and oxygen atoms in total. The van der Waals surface area contributed by atoms with Gasteiger partial charge in [-0.1, -0.05) is 33.6 Å². The molecule has 0 saturated heterocycles. The molecular weight excluding hydrogens is 226 g/mol. The Bertz CT molecular complexity index is 388. The Labute approximate surface area is 109 Å². The van der Waals surface area contributed by atoms with Crippen molar-refractivity contribution in [2.24, 2.45) is 0 Å². The minimum Gasteiger partial charge on any atom is -0.388 e. The second kappa shape index (κ2) is 4.84. The Morgan fingerprint density at radius 3 is 2.28 bits per heavy atom. The van der Waals surface area contributed by atoms with E-state index in [9.17, 15) is 5.11 Å². The average Bonchev–Trinajstić information content (AvgIpc) is 2.74. The van der Waals surface area contributed by atoms with Crippen molar-refractivity contribution in [2.75, 3.05) is 11.9 Å². The number of rotatable bonds is 3. The van der Waals surface area contributed by atoms with Crippen LogP contribution in [0.5, 0.6) is 0 Å². The molecule has 1 aromatic heterocycles. The molecule has 1 aliphatic carbocycles. The largest absolute Gasteiger partial charge is 0.388 e. The third-order valence-electron chi connectivity index (χ3n) is 3.63. The Morgan fingerprint density at radius 1 is 1.22 bits per heavy atom. The summed E-state index contributed by atoms with van der Waals surface area (Å²) in [5.41, 5.74) is 0.626. The van der Waals surface area contributed by atoms with Gasteiger partial charge < -0.3 is 10.4 Å². The summed E-state index contributed by atoms with van der Waals surface area (Å²) in [6, 6.07) is 0. The van der Waals surface area contributed by atoms with Crippen LogP contribution >= 0.6 is 0 Å². The Balaban J connectivity index is 1.94. The summed E-state index contributed by atoms with van der Waals surface area (Å²) < 4.78 is 0. The van der Waals surface area contributed by atoms with E-state index in [0.717, 1.165) is 31.2 Å². The lowest BCUT2D eigenvalue weighted by Gasteiger charge is -2.22. The number of nitrogens with zero attached hydrogens (tertiary/aromatic N) is 2. The van der Waals surface area contributed by atoms with Gasteiger partial charge in [0.1, 0.15) is 0 Å². The maximum absolute atomic E-state index is 10.2. The molecule has 0 unspecified atom stereocenters. The van der Waals surface area contributed by atoms with Gasteiger partial charge in [-0.25, -0.2) is 9.97 Å². The molecule has 0 spiro atoms. The lowest BCUT2D eigenvalue weighted by Crippen LogP contribution is -2.34. The van der Waals surface area contributed by atoms with E-state index in [-0.39, 0.29) is 5.41 Å². The fourth-order valence-corrected chi connectivity index (χ4v) is 2.26. The molecule has 0 amide bonds. The van der Waals surface area contributed by atoms with Gasteiger partial charge >= 0.3 is 0 Å². The highest BCUT2D eigenvalue weighted by Gasteiger charge is 2.30. The lowest BCUT2D eigenvalue weighted by molar-refractivity contribution is 0.0613. The van der Waals surface area contributed by atoms with Gasteiger partial charge in [0, 0.05) is 18.9 Å². The minimum atomic E-state index is -0.563. The van der Waals surface area contributed by atoms with Crippen molar-refractivity contribution in [1.82, 2.24) is 9.97 Å². The maximum Gasteiger partial charge on any atom is 0.222 e. The van der Waals surface area contributed by atoms with Crippen LogP contribution in [-0.2, 0) is 5.41 Å². The normalized spacial score (nSPS) is 18.9. The molecule has 1 aliphatic rings. The van der Waals surface area contributed by atoms with Crippen molar-refractivity contribution in [3.63, 3.8) is 0 Å². The van der Waals surface area contributed by atoms with E-state index in [2.05, 4.69) is 36.1 Å². The average molecular weight is 249 g/mol. The van der Waals surface area contributed by atoms with E-state index in [4.69, 9.17) is 0 Å². The zero-order chi connectivity index (χ0) is 13.2. The first-order chi connectivity index (χ1) is 8.39. The van der Waals surface area contributed by atoms with Gasteiger partial charge in [-0.2, -0.15) is 0 Å². The molecule has 4 heteroatoms. The molecule has 2 rings (SSSR count). The van der Waals surface area contributed by atoms with Gasteiger partial charge in [-0.05, 0) is 23.8 Å². The number of anilines is 1. The van der Waals surface area contributed by atoms with E-state index >= 15 is 0 Å². The summed E-state index contributed by atoms with van der Waals surface area (Å²) in [5, 5.41) is 13.4. The highest BCUT2D eigenvalue weighted by molar-refractivity contribution is 5.27. The standard InChI is InChI=1S/C14H23N3O/c1-13(2,3)11-8-15-12(16-9-11)17-10-14(18)6-4-5-7-14/h8-9,18H,4-7,10H2,1-3H3,(H,15,16,17). The smallest absolute Gasteiger partial charge is 0.222 e. The van der Waals surface area contributed by atoms with Crippen molar-refractivity contribution in [3.05, 3.63) is 18.0 Å². The zero-order valence-electron chi connectivity index (χ0n) is 11.5. The Kier molecular flexibility index (Phi) is 3.57. The molecule has 100 valence electrons. The van der Waals surface area contributed by atoms with Crippen molar-refractivity contribution in [3.8, 4) is 0 Å². The van der Waals surface area contributed by atoms with Gasteiger partial charge in [0.25, 0.3) is 0 Å². The van der Waals surface area contributed by atoms with Gasteiger partial charge in [-0.3, -0.25) is 0 Å². The number of hydrogen-bond acceptors (Lipinski definition) is 4. The van der Waals surface area contributed by atoms with Crippen LogP contribution in [-0.4, -0.2) is 27.2 Å². The molecule has 0 bridgehead atoms. The van der Waals surface area contributed by atoms with Crippen LogP contribution < -0.4 is 5.32 Å². The topological polar surface area (TPSA) is 58.0 Å². The molecule has 0 atom stereocenters. The van der Waals surface area contributed by atoms with E-state index in [1.165, 1.54) is 0 Å². The predicted molar refractivity (Wildman–Crippen MR) is 72.6 cm³/mol. The van der Waals surface area contributed by atoms with Crippen LogP contribution in [0.15, 0.2) is 12.4 Å². The highest BCUT2D eigenvalue weighted by atomic mass is 16.3. The molecular formula is C14H23N3O. The molecule has 2 N–H and O–H groups in total. The van der Waals surface area contributed by atoms with Gasteiger partial charge in [0.05, 0.1) is 5.60 Å². The lowest BCUT2D eigenvalue weighted by atomic mass is 9.89. The van der Waals surface area contributed by atoms with Crippen molar-refractivity contribution >= 4 is 5.95 Å². The first kappa shape index (κ1) is 13.3. The Hall–Kier alpha value is -1.16. The summed E-state index contributed by atoms with van der Waals surface area (Å²) in [4.78, 5) is 8.61. The third-order valence-corrected chi connectivity index (χ3v) is 3.63. The number of aromatic nitrogens is 2. The highest BCUT2D eigenvalue weighted by Crippen LogP contribution is 2.29. The summed E-state index contributed by atoms with van der Waals surface area (Å²) in [5.74, 6) is 0.600. The van der Waals surface area contributed by atoms with Crippen LogP contribution in [0.2, 0.25) is 0 Å². The van der Waals surface area contributed by atoms with E-state index < -0.39 is 5.60 Å². The SMILES string of the molecule is CC(C)(C)c1cnc(NCC2(O)CCCC2)nc1. The Morgan fingerprint density at radius 2 is 1.78 bits per heavy atom. The van der Waals surface area contributed by atoms with Crippen LogP contribution in [0.1, 0.15) is 52.0 Å². The number of hydrogen-bond donors (Lipinski definition) is 2. The first-order valence-electron chi connectivity index (χ1n) is 6.68. The molecule has 1 heterocycles. The van der Waals surface area contributed by atoms with Crippen LogP contribution in [0.4, 0.5) is 5.95 Å². The first-order valence-corrected chi connectivity index (χ1v) is 6.68. The quantitative estimate of drug-likeness (QED) is 0.864. The molecule has 1 aromatic rings. The van der Waals surface area contributed by atoms with Gasteiger partial charge in [0.15, 0.2) is 0 Å². The van der Waals surface area contributed by atoms with Crippen LogP contribution in [0.25, 0.3) is 0 Å². The molecule has 1 saturated carbocycles. The van der Waals surface area contributed by atoms with E-state index in [1.54, 1.807) is 0 Å². The van der Waals surface area contributed by atoms with E-state index in [0.29, 0.717) is 12.5 Å². The summed E-state index contributed by atoms with van der Waals surface area (Å²) >= 11 is 0. The van der Waals surface area contributed by atoms with Gasteiger partial charge in [0.2, 0.25) is 5.95 Å². The fraction of sp³-hybridized carbons (Fsp3) is 0.714. The molecule has 0 radical (unpaired) electrons. The molecule has 1 fully saturated rings. The third kappa shape index (κ3) is 3.19. The van der Waals surface area contributed by atoms with Crippen molar-refractivity contribution in [1.29, 1.82) is 0 Å². The molecule has 0 aliphatic heterocycles. The minimum absolute atomic E-state index is 0.0716. The van der Waals surface area contributed by atoms with Crippen molar-refractivity contribution < 1.29 is 5.11 Å². The fourth-order valence-electron chi connectivity index (χ4n) is 2.26. The zero-order valence-corrected chi connectivity index (χ0v) is 11.5. The number of aliphatic hydroxyl groups is 1. The van der Waals surface area contributed by atoms with Crippen LogP contribution in [0.3, 0.4) is 0 Å². The summed E-state index contributed by atoms with van der Waals surface area (Å²) in [6.07, 6.45) is 7.69. The monoisotopic (exact) mass is 249 g/mol. The second-order valence-corrected chi connectivity index (χ2v) is 6.33. The molecule has 18 heavy (non-hydrogen) atoms. The van der Waals surface area contributed by atoms with E-state index in [1.807, 2.05) is 12.4 Å². The number of nitrogens with one attached hydrogen (secondary N) is 1. The van der Waals surface area contributed by atoms with Gasteiger partial charge in [-0.15, -0.1) is 0 Å². The maximum atomic E-state index is 10.2. The van der Waals surface area contributed by atoms with Crippen LogP contribution in [0, 0.1) is 0 Å². The second-order valence-electron chi connectivity index (χ2n) is 6.33.